The standard InChI is InChI=1S/C18H25N3O3/c19-18(23)15-3-1-14(2-4-15)13-21(16-5-6-16)8-7-17(22)20-9-11-24-12-10-20/h1-4,16H,5-13H2,(H2,19,23). The number of morpholine rings is 1. The Morgan fingerprint density at radius 1 is 1.17 bits per heavy atom. The van der Waals surface area contributed by atoms with Crippen LogP contribution in [0, 0.1) is 0 Å². The molecule has 1 heterocycles. The van der Waals surface area contributed by atoms with Crippen LogP contribution in [0.1, 0.15) is 35.2 Å². The fourth-order valence-corrected chi connectivity index (χ4v) is 3.05. The number of rotatable bonds is 7. The van der Waals surface area contributed by atoms with Gasteiger partial charge in [-0.15, -0.1) is 0 Å². The largest absolute Gasteiger partial charge is 0.378 e. The Labute approximate surface area is 142 Å². The van der Waals surface area contributed by atoms with Crippen LogP contribution in [0.4, 0.5) is 0 Å². The summed E-state index contributed by atoms with van der Waals surface area (Å²) in [5.41, 5.74) is 6.95. The average Bonchev–Trinajstić information content (AvgIpc) is 3.44. The molecule has 0 radical (unpaired) electrons. The van der Waals surface area contributed by atoms with Crippen molar-refractivity contribution in [2.75, 3.05) is 32.8 Å². The molecular formula is C18H25N3O3. The normalized spacial score (nSPS) is 18.0. The van der Waals surface area contributed by atoms with Crippen molar-refractivity contribution in [3.05, 3.63) is 35.4 Å². The first-order chi connectivity index (χ1) is 11.6. The van der Waals surface area contributed by atoms with Crippen molar-refractivity contribution in [2.45, 2.75) is 31.8 Å². The number of ether oxygens (including phenoxy) is 1. The number of hydrogen-bond acceptors (Lipinski definition) is 4. The molecule has 0 spiro atoms. The maximum Gasteiger partial charge on any atom is 0.248 e. The van der Waals surface area contributed by atoms with Gasteiger partial charge in [0.15, 0.2) is 0 Å². The van der Waals surface area contributed by atoms with Crippen molar-refractivity contribution in [1.82, 2.24) is 9.80 Å². The minimum absolute atomic E-state index is 0.216. The van der Waals surface area contributed by atoms with E-state index in [4.69, 9.17) is 10.5 Å². The van der Waals surface area contributed by atoms with Crippen molar-refractivity contribution in [3.63, 3.8) is 0 Å². The first-order valence-corrected chi connectivity index (χ1v) is 8.62. The van der Waals surface area contributed by atoms with Crippen molar-refractivity contribution in [1.29, 1.82) is 0 Å². The molecule has 1 aliphatic heterocycles. The maximum absolute atomic E-state index is 12.3. The molecule has 3 rings (SSSR count). The van der Waals surface area contributed by atoms with E-state index in [1.807, 2.05) is 17.0 Å². The smallest absolute Gasteiger partial charge is 0.248 e. The van der Waals surface area contributed by atoms with Crippen molar-refractivity contribution >= 4 is 11.8 Å². The molecule has 1 aromatic carbocycles. The molecule has 1 saturated heterocycles. The zero-order valence-electron chi connectivity index (χ0n) is 13.9. The Morgan fingerprint density at radius 3 is 2.42 bits per heavy atom. The summed E-state index contributed by atoms with van der Waals surface area (Å²) in [6.45, 7) is 4.28. The predicted molar refractivity (Wildman–Crippen MR) is 90.4 cm³/mol. The minimum atomic E-state index is -0.406. The number of hydrogen-bond donors (Lipinski definition) is 1. The fraction of sp³-hybridized carbons (Fsp3) is 0.556. The van der Waals surface area contributed by atoms with Gasteiger partial charge in [-0.2, -0.15) is 0 Å². The molecule has 130 valence electrons. The van der Waals surface area contributed by atoms with Crippen molar-refractivity contribution in [3.8, 4) is 0 Å². The van der Waals surface area contributed by atoms with Crippen LogP contribution in [0.15, 0.2) is 24.3 Å². The first kappa shape index (κ1) is 16.9. The highest BCUT2D eigenvalue weighted by atomic mass is 16.5. The molecule has 1 aromatic rings. The quantitative estimate of drug-likeness (QED) is 0.809. The van der Waals surface area contributed by atoms with Gasteiger partial charge < -0.3 is 15.4 Å². The zero-order chi connectivity index (χ0) is 16.9. The lowest BCUT2D eigenvalue weighted by molar-refractivity contribution is -0.135. The van der Waals surface area contributed by atoms with Gasteiger partial charge in [0.05, 0.1) is 13.2 Å². The summed E-state index contributed by atoms with van der Waals surface area (Å²) in [4.78, 5) is 27.7. The molecule has 2 amide bonds. The number of nitrogens with zero attached hydrogens (tertiary/aromatic N) is 2. The number of carbonyl (C=O) groups is 2. The fourth-order valence-electron chi connectivity index (χ4n) is 3.05. The lowest BCUT2D eigenvalue weighted by Gasteiger charge is -2.28. The molecule has 2 fully saturated rings. The topological polar surface area (TPSA) is 75.9 Å². The summed E-state index contributed by atoms with van der Waals surface area (Å²) >= 11 is 0. The molecule has 0 bridgehead atoms. The molecule has 6 heteroatoms. The van der Waals surface area contributed by atoms with Gasteiger partial charge in [0.1, 0.15) is 0 Å². The SMILES string of the molecule is NC(=O)c1ccc(CN(CCC(=O)N2CCOCC2)C2CC2)cc1. The van der Waals surface area contributed by atoms with Crippen LogP contribution in [-0.2, 0) is 16.1 Å². The Hall–Kier alpha value is -1.92. The first-order valence-electron chi connectivity index (χ1n) is 8.62. The summed E-state index contributed by atoms with van der Waals surface area (Å²) in [7, 11) is 0. The lowest BCUT2D eigenvalue weighted by atomic mass is 10.1. The second-order valence-electron chi connectivity index (χ2n) is 6.51. The van der Waals surface area contributed by atoms with Crippen molar-refractivity contribution in [2.24, 2.45) is 5.73 Å². The van der Waals surface area contributed by atoms with Gasteiger partial charge in [-0.1, -0.05) is 12.1 Å². The molecule has 1 aliphatic carbocycles. The third kappa shape index (κ3) is 4.55. The van der Waals surface area contributed by atoms with Gasteiger partial charge in [-0.25, -0.2) is 0 Å². The Bertz CT molecular complexity index is 578. The Morgan fingerprint density at radius 2 is 1.83 bits per heavy atom. The van der Waals surface area contributed by atoms with E-state index in [0.717, 1.165) is 18.7 Å². The molecule has 6 nitrogen and oxygen atoms in total. The highest BCUT2D eigenvalue weighted by molar-refractivity contribution is 5.92. The molecule has 2 N–H and O–H groups in total. The third-order valence-corrected chi connectivity index (χ3v) is 4.66. The summed E-state index contributed by atoms with van der Waals surface area (Å²) in [5, 5.41) is 0. The highest BCUT2D eigenvalue weighted by Gasteiger charge is 2.29. The molecule has 0 aromatic heterocycles. The number of amides is 2. The molecule has 2 aliphatic rings. The van der Waals surface area contributed by atoms with E-state index in [-0.39, 0.29) is 5.91 Å². The van der Waals surface area contributed by atoms with Gasteiger partial charge in [0, 0.05) is 44.2 Å². The monoisotopic (exact) mass is 331 g/mol. The van der Waals surface area contributed by atoms with E-state index in [1.165, 1.54) is 12.8 Å². The molecule has 0 unspecified atom stereocenters. The summed E-state index contributed by atoms with van der Waals surface area (Å²) in [6.07, 6.45) is 2.95. The van der Waals surface area contributed by atoms with E-state index in [9.17, 15) is 9.59 Å². The molecular weight excluding hydrogens is 306 g/mol. The maximum atomic E-state index is 12.3. The van der Waals surface area contributed by atoms with Crippen LogP contribution < -0.4 is 5.73 Å². The second kappa shape index (κ2) is 7.77. The van der Waals surface area contributed by atoms with Crippen LogP contribution in [0.3, 0.4) is 0 Å². The van der Waals surface area contributed by atoms with Crippen LogP contribution >= 0.6 is 0 Å². The van der Waals surface area contributed by atoms with Crippen LogP contribution in [-0.4, -0.2) is 60.5 Å². The predicted octanol–water partition coefficient (Wildman–Crippen LogP) is 0.999. The van der Waals surface area contributed by atoms with Gasteiger partial charge in [-0.3, -0.25) is 14.5 Å². The van der Waals surface area contributed by atoms with Crippen molar-refractivity contribution < 1.29 is 14.3 Å². The van der Waals surface area contributed by atoms with Crippen LogP contribution in [0.5, 0.6) is 0 Å². The van der Waals surface area contributed by atoms with Crippen LogP contribution in [0.25, 0.3) is 0 Å². The van der Waals surface area contributed by atoms with Gasteiger partial charge >= 0.3 is 0 Å². The van der Waals surface area contributed by atoms with Crippen LogP contribution in [0.2, 0.25) is 0 Å². The minimum Gasteiger partial charge on any atom is -0.378 e. The average molecular weight is 331 g/mol. The number of primary amides is 1. The van der Waals surface area contributed by atoms with E-state index in [2.05, 4.69) is 4.90 Å². The third-order valence-electron chi connectivity index (χ3n) is 4.66. The van der Waals surface area contributed by atoms with E-state index in [1.54, 1.807) is 12.1 Å². The summed E-state index contributed by atoms with van der Waals surface area (Å²) < 4.78 is 5.29. The Kier molecular flexibility index (Phi) is 5.48. The van der Waals surface area contributed by atoms with Gasteiger partial charge in [0.25, 0.3) is 0 Å². The van der Waals surface area contributed by atoms with E-state index in [0.29, 0.717) is 44.3 Å². The number of nitrogens with two attached hydrogens (primary N) is 1. The summed E-state index contributed by atoms with van der Waals surface area (Å²) in [6, 6.07) is 8.00. The number of carbonyl (C=O) groups excluding carboxylic acids is 2. The molecule has 0 atom stereocenters. The summed E-state index contributed by atoms with van der Waals surface area (Å²) in [5.74, 6) is -0.190. The zero-order valence-corrected chi connectivity index (χ0v) is 13.9. The molecule has 24 heavy (non-hydrogen) atoms. The lowest BCUT2D eigenvalue weighted by Crippen LogP contribution is -2.42. The van der Waals surface area contributed by atoms with Gasteiger partial charge in [0.2, 0.25) is 11.8 Å². The second-order valence-corrected chi connectivity index (χ2v) is 6.51. The number of benzene rings is 1. The van der Waals surface area contributed by atoms with E-state index < -0.39 is 5.91 Å². The van der Waals surface area contributed by atoms with E-state index >= 15 is 0 Å². The highest BCUT2D eigenvalue weighted by Crippen LogP contribution is 2.28. The Balaban J connectivity index is 1.53. The van der Waals surface area contributed by atoms with Gasteiger partial charge in [-0.05, 0) is 30.5 Å². The molecule has 1 saturated carbocycles.